The average Bonchev–Trinajstić information content (AvgIpc) is 3.19. The minimum Gasteiger partial charge on any atom is -0.461 e. The van der Waals surface area contributed by atoms with Crippen LogP contribution in [0, 0.1) is 0 Å². The Bertz CT molecular complexity index is 647. The monoisotopic (exact) mass is 334 g/mol. The summed E-state index contributed by atoms with van der Waals surface area (Å²) < 4.78 is 7.31. The van der Waals surface area contributed by atoms with Crippen LogP contribution in [-0.2, 0) is 11.3 Å². The van der Waals surface area contributed by atoms with E-state index in [2.05, 4.69) is 16.8 Å². The third kappa shape index (κ3) is 3.85. The van der Waals surface area contributed by atoms with Gasteiger partial charge in [0.25, 0.3) is 0 Å². The molecule has 1 amide bonds. The summed E-state index contributed by atoms with van der Waals surface area (Å²) >= 11 is 1.40. The fourth-order valence-electron chi connectivity index (χ4n) is 2.26. The Morgan fingerprint density at radius 1 is 1.48 bits per heavy atom. The molecule has 0 aromatic carbocycles. The van der Waals surface area contributed by atoms with Crippen LogP contribution in [0.15, 0.2) is 40.6 Å². The van der Waals surface area contributed by atoms with Crippen molar-refractivity contribution < 1.29 is 9.21 Å². The van der Waals surface area contributed by atoms with Crippen LogP contribution in [0.5, 0.6) is 0 Å². The van der Waals surface area contributed by atoms with E-state index in [0.29, 0.717) is 36.4 Å². The minimum absolute atomic E-state index is 0.104. The van der Waals surface area contributed by atoms with Gasteiger partial charge in [-0.05, 0) is 32.9 Å². The van der Waals surface area contributed by atoms with E-state index < -0.39 is 0 Å². The molecule has 0 radical (unpaired) electrons. The summed E-state index contributed by atoms with van der Waals surface area (Å²) in [5, 5.41) is 8.88. The number of hydrogen-bond donors (Lipinski definition) is 0. The van der Waals surface area contributed by atoms with Crippen molar-refractivity contribution in [3.63, 3.8) is 0 Å². The van der Waals surface area contributed by atoms with Gasteiger partial charge < -0.3 is 9.32 Å². The van der Waals surface area contributed by atoms with Gasteiger partial charge in [-0.25, -0.2) is 0 Å². The number of allylic oxidation sites excluding steroid dienone is 1. The molecule has 0 saturated carbocycles. The van der Waals surface area contributed by atoms with Crippen molar-refractivity contribution in [3.8, 4) is 11.6 Å². The largest absolute Gasteiger partial charge is 0.461 e. The van der Waals surface area contributed by atoms with Gasteiger partial charge in [0.1, 0.15) is 0 Å². The fraction of sp³-hybridized carbons (Fsp3) is 0.438. The van der Waals surface area contributed by atoms with Gasteiger partial charge in [-0.2, -0.15) is 0 Å². The van der Waals surface area contributed by atoms with Crippen LogP contribution in [0.2, 0.25) is 0 Å². The van der Waals surface area contributed by atoms with E-state index in [9.17, 15) is 4.79 Å². The topological polar surface area (TPSA) is 64.2 Å². The predicted molar refractivity (Wildman–Crippen MR) is 91.2 cm³/mol. The second-order valence-electron chi connectivity index (χ2n) is 4.95. The average molecular weight is 334 g/mol. The number of furan rings is 1. The molecule has 0 saturated heterocycles. The minimum atomic E-state index is -0.230. The SMILES string of the molecule is C=CCn1c(SC(C)C(=O)N(CC)CC)nnc1-c1ccco1. The van der Waals surface area contributed by atoms with Crippen LogP contribution in [0.4, 0.5) is 0 Å². The Hall–Kier alpha value is -2.02. The van der Waals surface area contributed by atoms with Crippen LogP contribution in [0.3, 0.4) is 0 Å². The number of rotatable bonds is 8. The maximum Gasteiger partial charge on any atom is 0.235 e. The van der Waals surface area contributed by atoms with E-state index >= 15 is 0 Å². The van der Waals surface area contributed by atoms with Gasteiger partial charge in [0.05, 0.1) is 11.5 Å². The van der Waals surface area contributed by atoms with E-state index in [4.69, 9.17) is 4.42 Å². The lowest BCUT2D eigenvalue weighted by molar-refractivity contribution is -0.129. The molecular weight excluding hydrogens is 312 g/mol. The quantitative estimate of drug-likeness (QED) is 0.548. The van der Waals surface area contributed by atoms with Gasteiger partial charge >= 0.3 is 0 Å². The standard InChI is InChI=1S/C16H22N4O2S/c1-5-10-20-14(13-9-8-11-22-13)17-18-16(20)23-12(4)15(21)19(6-2)7-3/h5,8-9,11-12H,1,6-7,10H2,2-4H3. The van der Waals surface area contributed by atoms with Gasteiger partial charge in [0.15, 0.2) is 10.9 Å². The van der Waals surface area contributed by atoms with Crippen LogP contribution in [0.25, 0.3) is 11.6 Å². The maximum absolute atomic E-state index is 12.4. The lowest BCUT2D eigenvalue weighted by atomic mass is 10.4. The van der Waals surface area contributed by atoms with Crippen LogP contribution >= 0.6 is 11.8 Å². The fourth-order valence-corrected chi connectivity index (χ4v) is 3.20. The summed E-state index contributed by atoms with van der Waals surface area (Å²) in [6.07, 6.45) is 3.37. The molecule has 2 heterocycles. The van der Waals surface area contributed by atoms with E-state index in [0.717, 1.165) is 0 Å². The first-order valence-electron chi connectivity index (χ1n) is 7.65. The van der Waals surface area contributed by atoms with Crippen LogP contribution in [0.1, 0.15) is 20.8 Å². The van der Waals surface area contributed by atoms with E-state index in [1.807, 2.05) is 42.4 Å². The molecule has 6 nitrogen and oxygen atoms in total. The van der Waals surface area contributed by atoms with Crippen molar-refractivity contribution in [2.45, 2.75) is 37.7 Å². The highest BCUT2D eigenvalue weighted by molar-refractivity contribution is 8.00. The molecule has 0 bridgehead atoms. The molecule has 124 valence electrons. The first kappa shape index (κ1) is 17.3. The Morgan fingerprint density at radius 2 is 2.22 bits per heavy atom. The van der Waals surface area contributed by atoms with Gasteiger partial charge in [-0.1, -0.05) is 17.8 Å². The number of thioether (sulfide) groups is 1. The molecule has 0 aliphatic rings. The number of amides is 1. The molecule has 2 aromatic heterocycles. The first-order chi connectivity index (χ1) is 11.1. The Balaban J connectivity index is 2.23. The molecule has 0 N–H and O–H groups in total. The highest BCUT2D eigenvalue weighted by Gasteiger charge is 2.23. The molecule has 1 unspecified atom stereocenters. The van der Waals surface area contributed by atoms with Gasteiger partial charge in [-0.3, -0.25) is 9.36 Å². The Labute approximate surface area is 140 Å². The highest BCUT2D eigenvalue weighted by atomic mass is 32.2. The van der Waals surface area contributed by atoms with Gasteiger partial charge in [-0.15, -0.1) is 16.8 Å². The molecule has 0 aliphatic heterocycles. The first-order valence-corrected chi connectivity index (χ1v) is 8.53. The predicted octanol–water partition coefficient (Wildman–Crippen LogP) is 3.07. The van der Waals surface area contributed by atoms with Crippen molar-refractivity contribution in [3.05, 3.63) is 31.1 Å². The van der Waals surface area contributed by atoms with Gasteiger partial charge in [0, 0.05) is 19.6 Å². The van der Waals surface area contributed by atoms with Gasteiger partial charge in [0.2, 0.25) is 11.7 Å². The van der Waals surface area contributed by atoms with Crippen molar-refractivity contribution >= 4 is 17.7 Å². The number of carbonyl (C=O) groups excluding carboxylic acids is 1. The third-order valence-corrected chi connectivity index (χ3v) is 4.54. The normalized spacial score (nSPS) is 12.1. The maximum atomic E-state index is 12.4. The van der Waals surface area contributed by atoms with E-state index in [-0.39, 0.29) is 11.2 Å². The molecule has 2 rings (SSSR count). The second kappa shape index (κ2) is 8.01. The van der Waals surface area contributed by atoms with Crippen LogP contribution < -0.4 is 0 Å². The van der Waals surface area contributed by atoms with Crippen molar-refractivity contribution in [1.29, 1.82) is 0 Å². The Morgan fingerprint density at radius 3 is 2.78 bits per heavy atom. The lowest BCUT2D eigenvalue weighted by Gasteiger charge is -2.22. The second-order valence-corrected chi connectivity index (χ2v) is 6.26. The highest BCUT2D eigenvalue weighted by Crippen LogP contribution is 2.27. The van der Waals surface area contributed by atoms with Crippen molar-refractivity contribution in [2.24, 2.45) is 0 Å². The van der Waals surface area contributed by atoms with Crippen molar-refractivity contribution in [1.82, 2.24) is 19.7 Å². The summed E-state index contributed by atoms with van der Waals surface area (Å²) in [5.74, 6) is 1.39. The van der Waals surface area contributed by atoms with Crippen molar-refractivity contribution in [2.75, 3.05) is 13.1 Å². The molecule has 7 heteroatoms. The summed E-state index contributed by atoms with van der Waals surface area (Å²) in [6.45, 7) is 11.6. The van der Waals surface area contributed by atoms with Crippen LogP contribution in [-0.4, -0.2) is 43.9 Å². The van der Waals surface area contributed by atoms with E-state index in [1.165, 1.54) is 11.8 Å². The molecule has 23 heavy (non-hydrogen) atoms. The Kier molecular flexibility index (Phi) is 6.04. The number of hydrogen-bond acceptors (Lipinski definition) is 5. The summed E-state index contributed by atoms with van der Waals surface area (Å²) in [5.41, 5.74) is 0. The third-order valence-electron chi connectivity index (χ3n) is 3.48. The summed E-state index contributed by atoms with van der Waals surface area (Å²) in [6, 6.07) is 3.64. The number of aromatic nitrogens is 3. The zero-order valence-electron chi connectivity index (χ0n) is 13.7. The molecular formula is C16H22N4O2S. The number of carbonyl (C=O) groups is 1. The molecule has 2 aromatic rings. The zero-order valence-corrected chi connectivity index (χ0v) is 14.5. The number of nitrogens with zero attached hydrogens (tertiary/aromatic N) is 4. The van der Waals surface area contributed by atoms with E-state index in [1.54, 1.807) is 12.3 Å². The zero-order chi connectivity index (χ0) is 16.8. The molecule has 0 aliphatic carbocycles. The summed E-state index contributed by atoms with van der Waals surface area (Å²) in [7, 11) is 0. The lowest BCUT2D eigenvalue weighted by Crippen LogP contribution is -2.36. The smallest absolute Gasteiger partial charge is 0.235 e. The summed E-state index contributed by atoms with van der Waals surface area (Å²) in [4.78, 5) is 14.2. The molecule has 0 fully saturated rings. The molecule has 0 spiro atoms. The molecule has 1 atom stereocenters.